The van der Waals surface area contributed by atoms with Gasteiger partial charge in [0.2, 0.25) is 5.91 Å². The summed E-state index contributed by atoms with van der Waals surface area (Å²) in [5.74, 6) is 0.189. The topological polar surface area (TPSA) is 86.9 Å². The predicted octanol–water partition coefficient (Wildman–Crippen LogP) is 2.59. The number of amides is 1. The number of hydrogen-bond acceptors (Lipinski definition) is 3. The minimum Gasteiger partial charge on any atom is -0.333 e. The molecule has 2 heterocycles. The molecule has 1 aliphatic rings. The lowest BCUT2D eigenvalue weighted by Gasteiger charge is -2.17. The van der Waals surface area contributed by atoms with E-state index in [1.54, 1.807) is 17.4 Å². The molecule has 3 rings (SSSR count). The Morgan fingerprint density at radius 2 is 2.18 bits per heavy atom. The quantitative estimate of drug-likeness (QED) is 0.482. The molecule has 1 aromatic carbocycles. The number of benzene rings is 1. The lowest BCUT2D eigenvalue weighted by molar-refractivity contribution is -0.117. The summed E-state index contributed by atoms with van der Waals surface area (Å²) in [4.78, 5) is 20.6. The highest BCUT2D eigenvalue weighted by atomic mass is 16.2. The van der Waals surface area contributed by atoms with Crippen molar-refractivity contribution in [1.29, 1.82) is 0 Å². The Bertz CT molecular complexity index is 687. The van der Waals surface area contributed by atoms with Gasteiger partial charge in [-0.3, -0.25) is 4.79 Å². The molecule has 0 N–H and O–H groups in total. The first-order valence-corrected chi connectivity index (χ1v) is 7.12. The zero-order valence-corrected chi connectivity index (χ0v) is 12.0. The second kappa shape index (κ2) is 6.32. The summed E-state index contributed by atoms with van der Waals surface area (Å²) in [5, 5.41) is 3.57. The van der Waals surface area contributed by atoms with Crippen LogP contribution >= 0.6 is 0 Å². The van der Waals surface area contributed by atoms with Gasteiger partial charge in [0.15, 0.2) is 0 Å². The van der Waals surface area contributed by atoms with Gasteiger partial charge in [0.25, 0.3) is 0 Å². The Balaban J connectivity index is 1.67. The smallest absolute Gasteiger partial charge is 0.227 e. The van der Waals surface area contributed by atoms with Gasteiger partial charge in [0.05, 0.1) is 6.33 Å². The van der Waals surface area contributed by atoms with Crippen molar-refractivity contribution in [3.05, 3.63) is 59.0 Å². The average Bonchev–Trinajstić information content (AvgIpc) is 3.16. The molecule has 112 valence electrons. The molecule has 1 amide bonds. The Labute approximate surface area is 127 Å². The van der Waals surface area contributed by atoms with E-state index in [0.717, 1.165) is 17.8 Å². The fraction of sp³-hybridized carbons (Fsp3) is 0.333. The maximum Gasteiger partial charge on any atom is 0.227 e. The molecule has 0 saturated carbocycles. The maximum atomic E-state index is 12.1. The van der Waals surface area contributed by atoms with Crippen LogP contribution in [0.25, 0.3) is 10.4 Å². The van der Waals surface area contributed by atoms with Crippen LogP contribution < -0.4 is 4.90 Å². The first kappa shape index (κ1) is 14.2. The van der Waals surface area contributed by atoms with Crippen molar-refractivity contribution in [3.63, 3.8) is 0 Å². The summed E-state index contributed by atoms with van der Waals surface area (Å²) >= 11 is 0. The number of rotatable bonds is 5. The monoisotopic (exact) mass is 296 g/mol. The molecule has 1 aromatic heterocycles. The summed E-state index contributed by atoms with van der Waals surface area (Å²) in [6, 6.07) is 7.95. The predicted molar refractivity (Wildman–Crippen MR) is 82.2 cm³/mol. The van der Waals surface area contributed by atoms with Crippen molar-refractivity contribution in [2.75, 3.05) is 18.0 Å². The van der Waals surface area contributed by atoms with E-state index in [1.807, 2.05) is 35.0 Å². The zero-order chi connectivity index (χ0) is 15.4. The Kier molecular flexibility index (Phi) is 4.07. The van der Waals surface area contributed by atoms with Crippen LogP contribution in [0.5, 0.6) is 0 Å². The first-order chi connectivity index (χ1) is 10.8. The SMILES string of the molecule is [N-]=[N+]=NCC1CC(=O)N(c2ccc(Cn3ccnc3)cc2)C1. The number of carbonyl (C=O) groups excluding carboxylic acids is 1. The Hall–Kier alpha value is -2.79. The molecule has 0 radical (unpaired) electrons. The molecule has 2 aromatic rings. The van der Waals surface area contributed by atoms with Gasteiger partial charge in [-0.1, -0.05) is 17.2 Å². The van der Waals surface area contributed by atoms with Gasteiger partial charge in [-0.25, -0.2) is 4.98 Å². The molecule has 1 atom stereocenters. The molecule has 1 aliphatic heterocycles. The van der Waals surface area contributed by atoms with Crippen molar-refractivity contribution >= 4 is 11.6 Å². The van der Waals surface area contributed by atoms with Crippen LogP contribution in [0.4, 0.5) is 5.69 Å². The van der Waals surface area contributed by atoms with Crippen molar-refractivity contribution in [2.24, 2.45) is 11.0 Å². The fourth-order valence-electron chi connectivity index (χ4n) is 2.68. The third-order valence-electron chi connectivity index (χ3n) is 3.78. The highest BCUT2D eigenvalue weighted by molar-refractivity contribution is 5.95. The Morgan fingerprint density at radius 1 is 1.36 bits per heavy atom. The third-order valence-corrected chi connectivity index (χ3v) is 3.78. The van der Waals surface area contributed by atoms with Gasteiger partial charge in [0.1, 0.15) is 0 Å². The van der Waals surface area contributed by atoms with Gasteiger partial charge in [0, 0.05) is 49.0 Å². The molecule has 0 bridgehead atoms. The van der Waals surface area contributed by atoms with E-state index >= 15 is 0 Å². The van der Waals surface area contributed by atoms with Crippen molar-refractivity contribution < 1.29 is 4.79 Å². The van der Waals surface area contributed by atoms with Gasteiger partial charge in [-0.15, -0.1) is 0 Å². The number of azide groups is 1. The van der Waals surface area contributed by atoms with Crippen LogP contribution in [0.15, 0.2) is 48.1 Å². The van der Waals surface area contributed by atoms with Gasteiger partial charge in [-0.05, 0) is 29.1 Å². The average molecular weight is 296 g/mol. The van der Waals surface area contributed by atoms with Gasteiger partial charge < -0.3 is 9.47 Å². The third kappa shape index (κ3) is 3.10. The molecule has 7 nitrogen and oxygen atoms in total. The van der Waals surface area contributed by atoms with Crippen LogP contribution in [0.3, 0.4) is 0 Å². The largest absolute Gasteiger partial charge is 0.333 e. The lowest BCUT2D eigenvalue weighted by atomic mass is 10.1. The molecule has 22 heavy (non-hydrogen) atoms. The number of imidazole rings is 1. The second-order valence-corrected chi connectivity index (χ2v) is 5.39. The lowest BCUT2D eigenvalue weighted by Crippen LogP contribution is -2.24. The van der Waals surface area contributed by atoms with E-state index < -0.39 is 0 Å². The summed E-state index contributed by atoms with van der Waals surface area (Å²) < 4.78 is 1.99. The van der Waals surface area contributed by atoms with E-state index in [0.29, 0.717) is 19.5 Å². The van der Waals surface area contributed by atoms with Crippen molar-refractivity contribution in [3.8, 4) is 0 Å². The van der Waals surface area contributed by atoms with Crippen LogP contribution in [0, 0.1) is 5.92 Å². The number of hydrogen-bond donors (Lipinski definition) is 0. The van der Waals surface area contributed by atoms with E-state index in [2.05, 4.69) is 15.0 Å². The van der Waals surface area contributed by atoms with Crippen molar-refractivity contribution in [1.82, 2.24) is 9.55 Å². The molecule has 1 unspecified atom stereocenters. The molecular weight excluding hydrogens is 280 g/mol. The summed E-state index contributed by atoms with van der Waals surface area (Å²) in [5.41, 5.74) is 10.4. The highest BCUT2D eigenvalue weighted by Gasteiger charge is 2.29. The minimum atomic E-state index is 0.0838. The highest BCUT2D eigenvalue weighted by Crippen LogP contribution is 2.25. The summed E-state index contributed by atoms with van der Waals surface area (Å²) in [6.07, 6.45) is 5.88. The van der Waals surface area contributed by atoms with E-state index in [1.165, 1.54) is 0 Å². The van der Waals surface area contributed by atoms with Crippen molar-refractivity contribution in [2.45, 2.75) is 13.0 Å². The molecule has 1 fully saturated rings. The van der Waals surface area contributed by atoms with Crippen LogP contribution in [-0.2, 0) is 11.3 Å². The number of aromatic nitrogens is 2. The van der Waals surface area contributed by atoms with E-state index in [9.17, 15) is 4.79 Å². The van der Waals surface area contributed by atoms with E-state index in [4.69, 9.17) is 5.53 Å². The minimum absolute atomic E-state index is 0.0838. The van der Waals surface area contributed by atoms with Crippen LogP contribution in [0.1, 0.15) is 12.0 Å². The standard InChI is InChI=1S/C15H16N6O/c16-19-18-8-13-7-15(22)21(10-13)14-3-1-12(2-4-14)9-20-6-5-17-11-20/h1-6,11,13H,7-10H2. The molecular formula is C15H16N6O. The van der Waals surface area contributed by atoms with Gasteiger partial charge in [-0.2, -0.15) is 0 Å². The maximum absolute atomic E-state index is 12.1. The molecule has 7 heteroatoms. The van der Waals surface area contributed by atoms with Crippen LogP contribution in [-0.4, -0.2) is 28.5 Å². The summed E-state index contributed by atoms with van der Waals surface area (Å²) in [6.45, 7) is 1.74. The second-order valence-electron chi connectivity index (χ2n) is 5.39. The zero-order valence-electron chi connectivity index (χ0n) is 12.0. The first-order valence-electron chi connectivity index (χ1n) is 7.12. The van der Waals surface area contributed by atoms with Crippen LogP contribution in [0.2, 0.25) is 0 Å². The fourth-order valence-corrected chi connectivity index (χ4v) is 2.68. The number of anilines is 1. The molecule has 0 spiro atoms. The number of nitrogens with zero attached hydrogens (tertiary/aromatic N) is 6. The molecule has 1 saturated heterocycles. The van der Waals surface area contributed by atoms with Gasteiger partial charge >= 0.3 is 0 Å². The Morgan fingerprint density at radius 3 is 2.86 bits per heavy atom. The normalized spacial score (nSPS) is 17.5. The summed E-state index contributed by atoms with van der Waals surface area (Å²) in [7, 11) is 0. The number of carbonyl (C=O) groups is 1. The van der Waals surface area contributed by atoms with E-state index in [-0.39, 0.29) is 11.8 Å². The molecule has 0 aliphatic carbocycles.